The molecule has 0 spiro atoms. The molecule has 0 aromatic heterocycles. The smallest absolute Gasteiger partial charge is 0.471 e. The first-order valence-corrected chi connectivity index (χ1v) is 7.51. The summed E-state index contributed by atoms with van der Waals surface area (Å²) >= 11 is 0. The zero-order valence-electron chi connectivity index (χ0n) is 14.6. The van der Waals surface area contributed by atoms with Crippen LogP contribution in [0.5, 0.6) is 11.5 Å². The predicted octanol–water partition coefficient (Wildman–Crippen LogP) is 2.97. The van der Waals surface area contributed by atoms with E-state index in [0.717, 1.165) is 5.56 Å². The minimum atomic E-state index is -4.91. The zero-order chi connectivity index (χ0) is 19.0. The Bertz CT molecular complexity index is 615. The Balaban J connectivity index is 3.01. The van der Waals surface area contributed by atoms with Gasteiger partial charge in [0.05, 0.1) is 20.8 Å². The third kappa shape index (κ3) is 6.30. The first-order chi connectivity index (χ1) is 11.7. The van der Waals surface area contributed by atoms with Gasteiger partial charge in [-0.15, -0.1) is 0 Å². The van der Waals surface area contributed by atoms with Crippen molar-refractivity contribution in [2.45, 2.75) is 25.6 Å². The first-order valence-electron chi connectivity index (χ1n) is 7.51. The van der Waals surface area contributed by atoms with Gasteiger partial charge < -0.3 is 19.5 Å². The molecule has 0 unspecified atom stereocenters. The minimum Gasteiger partial charge on any atom is -0.496 e. The molecule has 0 bridgehead atoms. The van der Waals surface area contributed by atoms with Crippen LogP contribution in [0.3, 0.4) is 0 Å². The van der Waals surface area contributed by atoms with Gasteiger partial charge in [-0.25, -0.2) is 0 Å². The molecule has 1 atom stereocenters. The number of hydrogen-bond donors (Lipinski definition) is 1. The van der Waals surface area contributed by atoms with E-state index in [0.29, 0.717) is 23.7 Å². The molecular formula is C17H22F3NO4. The number of ether oxygens (including phenoxy) is 3. The summed E-state index contributed by atoms with van der Waals surface area (Å²) in [4.78, 5) is 11.0. The minimum absolute atomic E-state index is 0.156. The molecule has 0 radical (unpaired) electrons. The van der Waals surface area contributed by atoms with Gasteiger partial charge in [-0.1, -0.05) is 12.2 Å². The van der Waals surface area contributed by atoms with Crippen LogP contribution in [0.4, 0.5) is 13.2 Å². The summed E-state index contributed by atoms with van der Waals surface area (Å²) in [5.41, 5.74) is 1.37. The summed E-state index contributed by atoms with van der Waals surface area (Å²) in [6.45, 7) is 1.91. The standard InChI is InChI=1S/C17H22F3NO4/c1-11(21-16(22)17(18,19)20)8-13-10-14(24-3)12(6-5-7-23-2)9-15(13)25-4/h5-6,9-11H,7-8H2,1-4H3,(H,21,22)/t11-/m1/s1. The van der Waals surface area contributed by atoms with E-state index in [2.05, 4.69) is 0 Å². The maximum atomic E-state index is 12.3. The molecule has 8 heteroatoms. The molecule has 1 aromatic rings. The number of rotatable bonds is 8. The molecule has 0 fully saturated rings. The lowest BCUT2D eigenvalue weighted by Gasteiger charge is -2.18. The Kier molecular flexibility index (Phi) is 7.76. The Morgan fingerprint density at radius 2 is 1.84 bits per heavy atom. The van der Waals surface area contributed by atoms with Crippen molar-refractivity contribution < 1.29 is 32.2 Å². The highest BCUT2D eigenvalue weighted by Crippen LogP contribution is 2.31. The summed E-state index contributed by atoms with van der Waals surface area (Å²) in [6, 6.07) is 2.67. The second kappa shape index (κ2) is 9.31. The lowest BCUT2D eigenvalue weighted by molar-refractivity contribution is -0.174. The van der Waals surface area contributed by atoms with Gasteiger partial charge in [0.15, 0.2) is 0 Å². The molecule has 5 nitrogen and oxygen atoms in total. The third-order valence-corrected chi connectivity index (χ3v) is 3.35. The van der Waals surface area contributed by atoms with Gasteiger partial charge in [0.1, 0.15) is 11.5 Å². The molecule has 0 saturated carbocycles. The van der Waals surface area contributed by atoms with Crippen molar-refractivity contribution in [1.29, 1.82) is 0 Å². The summed E-state index contributed by atoms with van der Waals surface area (Å²) < 4.78 is 52.6. The van der Waals surface area contributed by atoms with Gasteiger partial charge in [-0.2, -0.15) is 13.2 Å². The Hall–Kier alpha value is -2.22. The van der Waals surface area contributed by atoms with Gasteiger partial charge in [0.2, 0.25) is 0 Å². The molecule has 1 rings (SSSR count). The molecule has 0 saturated heterocycles. The van der Waals surface area contributed by atoms with Crippen molar-refractivity contribution in [3.05, 3.63) is 29.3 Å². The predicted molar refractivity (Wildman–Crippen MR) is 87.8 cm³/mol. The van der Waals surface area contributed by atoms with E-state index in [9.17, 15) is 18.0 Å². The highest BCUT2D eigenvalue weighted by atomic mass is 19.4. The van der Waals surface area contributed by atoms with Crippen molar-refractivity contribution in [3.8, 4) is 11.5 Å². The number of hydrogen-bond acceptors (Lipinski definition) is 4. The van der Waals surface area contributed by atoms with Gasteiger partial charge in [-0.3, -0.25) is 4.79 Å². The van der Waals surface area contributed by atoms with Crippen LogP contribution < -0.4 is 14.8 Å². The Morgan fingerprint density at radius 1 is 1.20 bits per heavy atom. The van der Waals surface area contributed by atoms with Gasteiger partial charge in [0.25, 0.3) is 0 Å². The third-order valence-electron chi connectivity index (χ3n) is 3.35. The van der Waals surface area contributed by atoms with Crippen LogP contribution in [0.2, 0.25) is 0 Å². The van der Waals surface area contributed by atoms with E-state index in [1.165, 1.54) is 21.1 Å². The normalized spacial score (nSPS) is 12.9. The zero-order valence-corrected chi connectivity index (χ0v) is 14.6. The van der Waals surface area contributed by atoms with Crippen LogP contribution in [-0.2, 0) is 16.0 Å². The summed E-state index contributed by atoms with van der Waals surface area (Å²) in [5, 5.41) is 1.92. The highest BCUT2D eigenvalue weighted by molar-refractivity contribution is 5.81. The maximum Gasteiger partial charge on any atom is 0.471 e. The van der Waals surface area contributed by atoms with E-state index >= 15 is 0 Å². The monoisotopic (exact) mass is 361 g/mol. The van der Waals surface area contributed by atoms with E-state index in [-0.39, 0.29) is 6.42 Å². The lowest BCUT2D eigenvalue weighted by Crippen LogP contribution is -2.42. The molecule has 0 aliphatic heterocycles. The molecule has 1 N–H and O–H groups in total. The van der Waals surface area contributed by atoms with E-state index in [1.54, 1.807) is 31.4 Å². The number of benzene rings is 1. The highest BCUT2D eigenvalue weighted by Gasteiger charge is 2.39. The van der Waals surface area contributed by atoms with Crippen molar-refractivity contribution in [3.63, 3.8) is 0 Å². The molecular weight excluding hydrogens is 339 g/mol. The number of nitrogens with one attached hydrogen (secondary N) is 1. The second-order valence-electron chi connectivity index (χ2n) is 5.34. The van der Waals surface area contributed by atoms with E-state index < -0.39 is 18.1 Å². The molecule has 0 aliphatic carbocycles. The molecule has 1 amide bonds. The van der Waals surface area contributed by atoms with Crippen LogP contribution in [-0.4, -0.2) is 46.1 Å². The topological polar surface area (TPSA) is 56.8 Å². The van der Waals surface area contributed by atoms with Crippen LogP contribution in [0, 0.1) is 0 Å². The average molecular weight is 361 g/mol. The van der Waals surface area contributed by atoms with Crippen molar-refractivity contribution in [2.75, 3.05) is 27.9 Å². The largest absolute Gasteiger partial charge is 0.496 e. The van der Waals surface area contributed by atoms with Crippen molar-refractivity contribution in [2.24, 2.45) is 0 Å². The van der Waals surface area contributed by atoms with Crippen LogP contribution in [0.25, 0.3) is 6.08 Å². The number of carbonyl (C=O) groups excluding carboxylic acids is 1. The molecule has 140 valence electrons. The number of halogens is 3. The average Bonchev–Trinajstić information content (AvgIpc) is 2.54. The van der Waals surface area contributed by atoms with Gasteiger partial charge >= 0.3 is 12.1 Å². The summed E-state index contributed by atoms with van der Waals surface area (Å²) in [5.74, 6) is -0.937. The first kappa shape index (κ1) is 20.8. The number of carbonyl (C=O) groups is 1. The summed E-state index contributed by atoms with van der Waals surface area (Å²) in [6.07, 6.45) is -1.16. The van der Waals surface area contributed by atoms with Gasteiger partial charge in [0, 0.05) is 18.7 Å². The van der Waals surface area contributed by atoms with Crippen LogP contribution in [0.1, 0.15) is 18.1 Å². The van der Waals surface area contributed by atoms with E-state index in [1.807, 2.05) is 5.32 Å². The number of methoxy groups -OCH3 is 3. The second-order valence-corrected chi connectivity index (χ2v) is 5.34. The quantitative estimate of drug-likeness (QED) is 0.773. The Labute approximate surface area is 144 Å². The van der Waals surface area contributed by atoms with Crippen LogP contribution in [0.15, 0.2) is 18.2 Å². The number of alkyl halides is 3. The SMILES string of the molecule is COCC=Cc1cc(OC)c(C[C@@H](C)NC(=O)C(F)(F)F)cc1OC. The van der Waals surface area contributed by atoms with Crippen molar-refractivity contribution in [1.82, 2.24) is 5.32 Å². The van der Waals surface area contributed by atoms with Crippen molar-refractivity contribution >= 4 is 12.0 Å². The molecule has 0 aliphatic rings. The lowest BCUT2D eigenvalue weighted by atomic mass is 10.0. The van der Waals surface area contributed by atoms with E-state index in [4.69, 9.17) is 14.2 Å². The fraction of sp³-hybridized carbons (Fsp3) is 0.471. The van der Waals surface area contributed by atoms with Gasteiger partial charge in [-0.05, 0) is 31.0 Å². The molecule has 25 heavy (non-hydrogen) atoms. The fourth-order valence-corrected chi connectivity index (χ4v) is 2.23. The van der Waals surface area contributed by atoms with Crippen LogP contribution >= 0.6 is 0 Å². The fourth-order valence-electron chi connectivity index (χ4n) is 2.23. The molecule has 1 aromatic carbocycles. The molecule has 0 heterocycles. The summed E-state index contributed by atoms with van der Waals surface area (Å²) in [7, 11) is 4.53. The number of amides is 1. The Morgan fingerprint density at radius 3 is 2.36 bits per heavy atom. The maximum absolute atomic E-state index is 12.3.